The maximum atomic E-state index is 13.5. The normalized spacial score (nSPS) is 10.5. The number of rotatable bonds is 4. The van der Waals surface area contributed by atoms with Crippen LogP contribution in [0.15, 0.2) is 22.7 Å². The van der Waals surface area contributed by atoms with Gasteiger partial charge in [-0.1, -0.05) is 5.16 Å². The molecule has 0 radical (unpaired) electrons. The number of hydrogen-bond donors (Lipinski definition) is 1. The van der Waals surface area contributed by atoms with Crippen LogP contribution in [0, 0.1) is 5.82 Å². The van der Waals surface area contributed by atoms with Gasteiger partial charge in [-0.05, 0) is 25.2 Å². The van der Waals surface area contributed by atoms with E-state index in [0.717, 1.165) is 0 Å². The average Bonchev–Trinajstić information content (AvgIpc) is 2.78. The molecule has 2 aromatic rings. The third kappa shape index (κ3) is 2.42. The summed E-state index contributed by atoms with van der Waals surface area (Å²) in [5.41, 5.74) is 0.526. The molecule has 6 heteroatoms. The Kier molecular flexibility index (Phi) is 3.34. The quantitative estimate of drug-likeness (QED) is 0.875. The van der Waals surface area contributed by atoms with Crippen molar-refractivity contribution in [3.63, 3.8) is 0 Å². The summed E-state index contributed by atoms with van der Waals surface area (Å²) < 4.78 is 23.3. The number of methoxy groups -OCH3 is 1. The minimum absolute atomic E-state index is 0.184. The zero-order valence-corrected chi connectivity index (χ0v) is 9.53. The molecular weight excluding hydrogens is 225 g/mol. The van der Waals surface area contributed by atoms with E-state index >= 15 is 0 Å². The predicted octanol–water partition coefficient (Wildman–Crippen LogP) is 1.60. The van der Waals surface area contributed by atoms with Crippen LogP contribution in [0.5, 0.6) is 5.75 Å². The number of nitrogens with zero attached hydrogens (tertiary/aromatic N) is 2. The van der Waals surface area contributed by atoms with Gasteiger partial charge >= 0.3 is 0 Å². The summed E-state index contributed by atoms with van der Waals surface area (Å²) in [6, 6.07) is 4.49. The monoisotopic (exact) mass is 237 g/mol. The second-order valence-electron chi connectivity index (χ2n) is 3.40. The molecule has 2 rings (SSSR count). The van der Waals surface area contributed by atoms with E-state index < -0.39 is 5.82 Å². The third-order valence-electron chi connectivity index (χ3n) is 2.20. The molecule has 0 aliphatic rings. The zero-order chi connectivity index (χ0) is 12.3. The van der Waals surface area contributed by atoms with E-state index in [1.165, 1.54) is 19.2 Å². The molecule has 0 spiro atoms. The molecular formula is C11H12FN3O2. The molecule has 0 atom stereocenters. The summed E-state index contributed by atoms with van der Waals surface area (Å²) >= 11 is 0. The Balaban J connectivity index is 2.29. The fourth-order valence-electron chi connectivity index (χ4n) is 1.40. The second-order valence-corrected chi connectivity index (χ2v) is 3.40. The molecule has 5 nitrogen and oxygen atoms in total. The molecule has 1 aromatic carbocycles. The van der Waals surface area contributed by atoms with Crippen LogP contribution in [0.3, 0.4) is 0 Å². The number of halogens is 1. The smallest absolute Gasteiger partial charge is 0.258 e. The highest BCUT2D eigenvalue weighted by atomic mass is 19.1. The number of aromatic nitrogens is 2. The van der Waals surface area contributed by atoms with Crippen molar-refractivity contribution in [1.82, 2.24) is 15.5 Å². The van der Waals surface area contributed by atoms with Gasteiger partial charge in [0.15, 0.2) is 17.4 Å². The summed E-state index contributed by atoms with van der Waals surface area (Å²) in [7, 11) is 3.19. The first-order valence-electron chi connectivity index (χ1n) is 5.05. The number of nitrogens with one attached hydrogen (secondary N) is 1. The van der Waals surface area contributed by atoms with Gasteiger partial charge in [0.2, 0.25) is 0 Å². The van der Waals surface area contributed by atoms with Crippen molar-refractivity contribution in [2.24, 2.45) is 0 Å². The minimum Gasteiger partial charge on any atom is -0.494 e. The molecule has 17 heavy (non-hydrogen) atoms. The van der Waals surface area contributed by atoms with E-state index in [1.807, 2.05) is 0 Å². The molecule has 0 saturated carbocycles. The van der Waals surface area contributed by atoms with Gasteiger partial charge < -0.3 is 14.6 Å². The Morgan fingerprint density at radius 3 is 2.94 bits per heavy atom. The molecule has 0 amide bonds. The molecule has 90 valence electrons. The van der Waals surface area contributed by atoms with Crippen LogP contribution in [0.25, 0.3) is 11.5 Å². The van der Waals surface area contributed by atoms with Gasteiger partial charge in [-0.2, -0.15) is 4.98 Å². The fourth-order valence-corrected chi connectivity index (χ4v) is 1.40. The van der Waals surface area contributed by atoms with Crippen molar-refractivity contribution in [3.05, 3.63) is 29.8 Å². The van der Waals surface area contributed by atoms with Gasteiger partial charge in [0.05, 0.1) is 13.7 Å². The van der Waals surface area contributed by atoms with Gasteiger partial charge in [0.25, 0.3) is 5.89 Å². The van der Waals surface area contributed by atoms with Gasteiger partial charge in [-0.15, -0.1) is 0 Å². The SMILES string of the molecule is CNCc1noc(-c2ccc(OC)c(F)c2)n1. The number of ether oxygens (including phenoxy) is 1. The Morgan fingerprint density at radius 2 is 2.29 bits per heavy atom. The first-order chi connectivity index (χ1) is 8.24. The molecule has 1 heterocycles. The maximum absolute atomic E-state index is 13.5. The number of hydrogen-bond acceptors (Lipinski definition) is 5. The standard InChI is InChI=1S/C11H12FN3O2/c1-13-6-10-14-11(17-15-10)7-3-4-9(16-2)8(12)5-7/h3-5,13H,6H2,1-2H3. The van der Waals surface area contributed by atoms with Crippen molar-refractivity contribution in [2.45, 2.75) is 6.54 Å². The van der Waals surface area contributed by atoms with Gasteiger partial charge in [0.1, 0.15) is 0 Å². The van der Waals surface area contributed by atoms with E-state index in [4.69, 9.17) is 9.26 Å². The molecule has 0 aliphatic heterocycles. The van der Waals surface area contributed by atoms with E-state index in [9.17, 15) is 4.39 Å². The van der Waals surface area contributed by atoms with Crippen molar-refractivity contribution in [3.8, 4) is 17.2 Å². The summed E-state index contributed by atoms with van der Waals surface area (Å²) in [6.07, 6.45) is 0. The van der Waals surface area contributed by atoms with Crippen LogP contribution in [0.2, 0.25) is 0 Å². The summed E-state index contributed by atoms with van der Waals surface area (Å²) in [6.45, 7) is 0.502. The third-order valence-corrected chi connectivity index (χ3v) is 2.20. The Hall–Kier alpha value is -1.95. The topological polar surface area (TPSA) is 60.2 Å². The molecule has 0 saturated heterocycles. The summed E-state index contributed by atoms with van der Waals surface area (Å²) in [4.78, 5) is 4.12. The van der Waals surface area contributed by atoms with E-state index in [-0.39, 0.29) is 11.6 Å². The fraction of sp³-hybridized carbons (Fsp3) is 0.273. The van der Waals surface area contributed by atoms with Crippen LogP contribution in [0.4, 0.5) is 4.39 Å². The van der Waals surface area contributed by atoms with Crippen molar-refractivity contribution < 1.29 is 13.7 Å². The highest BCUT2D eigenvalue weighted by Crippen LogP contribution is 2.24. The minimum atomic E-state index is -0.460. The van der Waals surface area contributed by atoms with Crippen LogP contribution in [0.1, 0.15) is 5.82 Å². The van der Waals surface area contributed by atoms with E-state index in [0.29, 0.717) is 17.9 Å². The highest BCUT2D eigenvalue weighted by Gasteiger charge is 2.11. The first kappa shape index (κ1) is 11.5. The van der Waals surface area contributed by atoms with Crippen LogP contribution in [-0.2, 0) is 6.54 Å². The lowest BCUT2D eigenvalue weighted by molar-refractivity contribution is 0.386. The van der Waals surface area contributed by atoms with E-state index in [1.54, 1.807) is 13.1 Å². The van der Waals surface area contributed by atoms with E-state index in [2.05, 4.69) is 15.5 Å². The Labute approximate surface area is 97.6 Å². The second kappa shape index (κ2) is 4.92. The average molecular weight is 237 g/mol. The molecule has 1 N–H and O–H groups in total. The van der Waals surface area contributed by atoms with Crippen molar-refractivity contribution in [2.75, 3.05) is 14.2 Å². The lowest BCUT2D eigenvalue weighted by Gasteiger charge is -2.01. The van der Waals surface area contributed by atoms with Crippen LogP contribution < -0.4 is 10.1 Å². The summed E-state index contributed by atoms with van der Waals surface area (Å²) in [5, 5.41) is 6.65. The van der Waals surface area contributed by atoms with Gasteiger partial charge in [0, 0.05) is 5.56 Å². The molecule has 0 fully saturated rings. The molecule has 0 aliphatic carbocycles. The van der Waals surface area contributed by atoms with Crippen molar-refractivity contribution in [1.29, 1.82) is 0 Å². The van der Waals surface area contributed by atoms with Gasteiger partial charge in [-0.25, -0.2) is 4.39 Å². The highest BCUT2D eigenvalue weighted by molar-refractivity contribution is 5.54. The maximum Gasteiger partial charge on any atom is 0.258 e. The molecule has 1 aromatic heterocycles. The zero-order valence-electron chi connectivity index (χ0n) is 9.53. The van der Waals surface area contributed by atoms with Crippen LogP contribution in [-0.4, -0.2) is 24.3 Å². The lowest BCUT2D eigenvalue weighted by Crippen LogP contribution is -2.06. The molecule has 0 unspecified atom stereocenters. The predicted molar refractivity (Wildman–Crippen MR) is 59.0 cm³/mol. The largest absolute Gasteiger partial charge is 0.494 e. The summed E-state index contributed by atoms with van der Waals surface area (Å²) in [5.74, 6) is 0.539. The lowest BCUT2D eigenvalue weighted by atomic mass is 10.2. The first-order valence-corrected chi connectivity index (χ1v) is 5.05. The Morgan fingerprint density at radius 1 is 1.47 bits per heavy atom. The van der Waals surface area contributed by atoms with Gasteiger partial charge in [-0.3, -0.25) is 0 Å². The molecule has 0 bridgehead atoms. The van der Waals surface area contributed by atoms with Crippen molar-refractivity contribution >= 4 is 0 Å². The number of benzene rings is 1. The Bertz CT molecular complexity index is 513. The van der Waals surface area contributed by atoms with Crippen LogP contribution >= 0.6 is 0 Å².